The molecule has 0 aliphatic rings. The zero-order valence-corrected chi connectivity index (χ0v) is 30.0. The van der Waals surface area contributed by atoms with E-state index in [1.807, 2.05) is 0 Å². The zero-order valence-electron chi connectivity index (χ0n) is 30.0. The van der Waals surface area contributed by atoms with Crippen LogP contribution in [0, 0.1) is 0 Å². The smallest absolute Gasteiger partial charge is 0.0575 e. The van der Waals surface area contributed by atoms with E-state index in [-0.39, 0.29) is 0 Å². The molecule has 0 amide bonds. The highest BCUT2D eigenvalue weighted by molar-refractivity contribution is 4.98. The Morgan fingerprint density at radius 3 is 1.20 bits per heavy atom. The fraction of sp³-hybridized carbons (Fsp3) is 0.714. The fourth-order valence-electron chi connectivity index (χ4n) is 5.28. The first-order chi connectivity index (χ1) is 21.7. The first-order valence-electron chi connectivity index (χ1n) is 18.9. The lowest BCUT2D eigenvalue weighted by molar-refractivity contribution is 0.0342. The topological polar surface area (TPSA) is 12.5 Å². The highest BCUT2D eigenvalue weighted by Crippen LogP contribution is 2.17. The van der Waals surface area contributed by atoms with Crippen LogP contribution in [0.15, 0.2) is 72.9 Å². The molecule has 0 saturated heterocycles. The molecule has 0 radical (unpaired) electrons. The first-order valence-corrected chi connectivity index (χ1v) is 18.9. The number of rotatable bonds is 33. The van der Waals surface area contributed by atoms with Crippen LogP contribution in [0.25, 0.3) is 0 Å². The van der Waals surface area contributed by atoms with Gasteiger partial charge in [0.05, 0.1) is 6.10 Å². The van der Waals surface area contributed by atoms with Gasteiger partial charge in [0.25, 0.3) is 0 Å². The van der Waals surface area contributed by atoms with E-state index in [0.717, 1.165) is 58.1 Å². The molecule has 0 spiro atoms. The van der Waals surface area contributed by atoms with Crippen molar-refractivity contribution < 1.29 is 4.74 Å². The van der Waals surface area contributed by atoms with Crippen LogP contribution in [0.4, 0.5) is 0 Å². The molecule has 0 aliphatic heterocycles. The van der Waals surface area contributed by atoms with Crippen molar-refractivity contribution in [1.82, 2.24) is 4.90 Å². The van der Waals surface area contributed by atoms with Gasteiger partial charge in [-0.3, -0.25) is 0 Å². The van der Waals surface area contributed by atoms with E-state index in [4.69, 9.17) is 4.74 Å². The summed E-state index contributed by atoms with van der Waals surface area (Å²) in [4.78, 5) is 2.26. The molecule has 0 fully saturated rings. The predicted molar refractivity (Wildman–Crippen MR) is 201 cm³/mol. The maximum atomic E-state index is 6.38. The zero-order chi connectivity index (χ0) is 32.0. The van der Waals surface area contributed by atoms with Gasteiger partial charge in [0.15, 0.2) is 0 Å². The van der Waals surface area contributed by atoms with Crippen LogP contribution in [0.5, 0.6) is 0 Å². The average molecular weight is 610 g/mol. The number of hydrogen-bond acceptors (Lipinski definition) is 2. The summed E-state index contributed by atoms with van der Waals surface area (Å²) >= 11 is 0. The summed E-state index contributed by atoms with van der Waals surface area (Å²) in [7, 11) is 4.31. The third-order valence-corrected chi connectivity index (χ3v) is 7.96. The van der Waals surface area contributed by atoms with Crippen molar-refractivity contribution >= 4 is 0 Å². The minimum atomic E-state index is 0.473. The summed E-state index contributed by atoms with van der Waals surface area (Å²) in [6.07, 6.45) is 57.0. The standard InChI is InChI=1S/C42H75NO/c1-5-7-9-11-13-15-17-19-21-23-25-27-29-31-33-35-38-42(44-41-37-40-43(3)4)39-36-34-32-30-28-26-24-22-20-18-16-14-12-10-8-6-2/h7-10,13-16,19-22,42H,5-6,11-12,17-18,23-41H2,1-4H3/b9-7-,10-8-,15-13-,16-14-,21-19-,22-20-. The Bertz CT molecular complexity index is 672. The summed E-state index contributed by atoms with van der Waals surface area (Å²) in [5, 5.41) is 0. The van der Waals surface area contributed by atoms with Crippen LogP contribution in [0.2, 0.25) is 0 Å². The summed E-state index contributed by atoms with van der Waals surface area (Å²) in [6.45, 7) is 6.41. The van der Waals surface area contributed by atoms with Crippen molar-refractivity contribution in [3.8, 4) is 0 Å². The third kappa shape index (κ3) is 36.6. The van der Waals surface area contributed by atoms with Crippen molar-refractivity contribution in [3.63, 3.8) is 0 Å². The van der Waals surface area contributed by atoms with Gasteiger partial charge in [-0.15, -0.1) is 0 Å². The van der Waals surface area contributed by atoms with Crippen LogP contribution >= 0.6 is 0 Å². The molecule has 0 saturated carbocycles. The molecule has 0 bridgehead atoms. The number of nitrogens with zero attached hydrogens (tertiary/aromatic N) is 1. The normalized spacial score (nSPS) is 13.0. The molecule has 0 aromatic carbocycles. The summed E-state index contributed by atoms with van der Waals surface area (Å²) in [5.41, 5.74) is 0. The van der Waals surface area contributed by atoms with Crippen molar-refractivity contribution in [2.75, 3.05) is 27.2 Å². The molecule has 0 unspecified atom stereocenters. The van der Waals surface area contributed by atoms with Gasteiger partial charge in [-0.2, -0.15) is 0 Å². The number of unbranched alkanes of at least 4 members (excludes halogenated alkanes) is 12. The summed E-state index contributed by atoms with van der Waals surface area (Å²) in [6, 6.07) is 0. The van der Waals surface area contributed by atoms with Gasteiger partial charge in [-0.1, -0.05) is 151 Å². The Morgan fingerprint density at radius 2 is 0.795 bits per heavy atom. The molecule has 0 aliphatic carbocycles. The maximum Gasteiger partial charge on any atom is 0.0575 e. The predicted octanol–water partition coefficient (Wildman–Crippen LogP) is 13.3. The van der Waals surface area contributed by atoms with Crippen molar-refractivity contribution in [2.24, 2.45) is 0 Å². The first kappa shape index (κ1) is 42.4. The van der Waals surface area contributed by atoms with Crippen LogP contribution in [0.3, 0.4) is 0 Å². The number of hydrogen-bond donors (Lipinski definition) is 0. The lowest BCUT2D eigenvalue weighted by atomic mass is 10.0. The van der Waals surface area contributed by atoms with E-state index in [9.17, 15) is 0 Å². The lowest BCUT2D eigenvalue weighted by Crippen LogP contribution is -2.18. The fourth-order valence-corrected chi connectivity index (χ4v) is 5.28. The van der Waals surface area contributed by atoms with Crippen molar-refractivity contribution in [1.29, 1.82) is 0 Å². The van der Waals surface area contributed by atoms with Gasteiger partial charge < -0.3 is 9.64 Å². The van der Waals surface area contributed by atoms with Crippen LogP contribution in [-0.4, -0.2) is 38.3 Å². The largest absolute Gasteiger partial charge is 0.378 e. The molecule has 0 aromatic heterocycles. The molecular formula is C42H75NO. The molecule has 44 heavy (non-hydrogen) atoms. The molecule has 0 aromatic rings. The van der Waals surface area contributed by atoms with Crippen molar-refractivity contribution in [2.45, 2.75) is 168 Å². The van der Waals surface area contributed by atoms with Gasteiger partial charge in [-0.25, -0.2) is 0 Å². The number of allylic oxidation sites excluding steroid dienone is 12. The van der Waals surface area contributed by atoms with Crippen LogP contribution in [0.1, 0.15) is 162 Å². The number of ether oxygens (including phenoxy) is 1. The Balaban J connectivity index is 3.87. The van der Waals surface area contributed by atoms with Gasteiger partial charge in [0, 0.05) is 6.61 Å². The second-order valence-electron chi connectivity index (χ2n) is 12.6. The van der Waals surface area contributed by atoms with E-state index >= 15 is 0 Å². The third-order valence-electron chi connectivity index (χ3n) is 7.96. The Morgan fingerprint density at radius 1 is 0.432 bits per heavy atom. The van der Waals surface area contributed by atoms with Crippen molar-refractivity contribution in [3.05, 3.63) is 72.9 Å². The highest BCUT2D eigenvalue weighted by Gasteiger charge is 2.09. The van der Waals surface area contributed by atoms with Gasteiger partial charge in [0.2, 0.25) is 0 Å². The Labute approximate surface area is 276 Å². The minimum Gasteiger partial charge on any atom is -0.378 e. The molecule has 0 rings (SSSR count). The molecule has 0 heterocycles. The second kappa shape index (κ2) is 37.5. The SMILES string of the molecule is CC/C=C\C/C=C\C/C=C\CCCCCCCCC(CCCCCCCC/C=C\C/C=C\C/C=C\CC)OCCCN(C)C. The summed E-state index contributed by atoms with van der Waals surface area (Å²) in [5.74, 6) is 0. The molecule has 0 N–H and O–H groups in total. The second-order valence-corrected chi connectivity index (χ2v) is 12.6. The molecule has 0 atom stereocenters. The van der Waals surface area contributed by atoms with Crippen LogP contribution in [-0.2, 0) is 4.74 Å². The average Bonchev–Trinajstić information content (AvgIpc) is 3.02. The minimum absolute atomic E-state index is 0.473. The van der Waals surface area contributed by atoms with Crippen LogP contribution < -0.4 is 0 Å². The Hall–Kier alpha value is -1.64. The summed E-state index contributed by atoms with van der Waals surface area (Å²) < 4.78 is 6.38. The molecule has 2 nitrogen and oxygen atoms in total. The van der Waals surface area contributed by atoms with E-state index < -0.39 is 0 Å². The van der Waals surface area contributed by atoms with E-state index in [1.54, 1.807) is 0 Å². The van der Waals surface area contributed by atoms with E-state index in [2.05, 4.69) is 106 Å². The molecule has 254 valence electrons. The van der Waals surface area contributed by atoms with Gasteiger partial charge in [-0.05, 0) is 104 Å². The monoisotopic (exact) mass is 610 g/mol. The van der Waals surface area contributed by atoms with Gasteiger partial charge in [0.1, 0.15) is 0 Å². The highest BCUT2D eigenvalue weighted by atomic mass is 16.5. The van der Waals surface area contributed by atoms with E-state index in [1.165, 1.54) is 103 Å². The molecular weight excluding hydrogens is 534 g/mol. The molecule has 2 heteroatoms. The van der Waals surface area contributed by atoms with E-state index in [0.29, 0.717) is 6.10 Å². The maximum absolute atomic E-state index is 6.38. The Kier molecular flexibility index (Phi) is 36.1. The lowest BCUT2D eigenvalue weighted by Gasteiger charge is -2.19. The quantitative estimate of drug-likeness (QED) is 0.0542. The van der Waals surface area contributed by atoms with Gasteiger partial charge >= 0.3 is 0 Å².